The monoisotopic (exact) mass is 228 g/mol. The summed E-state index contributed by atoms with van der Waals surface area (Å²) in [5.41, 5.74) is 0.427. The first-order chi connectivity index (χ1) is 7.08. The van der Waals surface area contributed by atoms with Crippen LogP contribution in [0.5, 0.6) is 0 Å². The van der Waals surface area contributed by atoms with E-state index in [2.05, 4.69) is 9.47 Å². The van der Waals surface area contributed by atoms with E-state index in [1.165, 1.54) is 32.4 Å². The quantitative estimate of drug-likeness (QED) is 0.726. The van der Waals surface area contributed by atoms with Crippen LogP contribution in [0.1, 0.15) is 20.7 Å². The van der Waals surface area contributed by atoms with Gasteiger partial charge in [0.25, 0.3) is 0 Å². The highest BCUT2D eigenvalue weighted by molar-refractivity contribution is 6.31. The second kappa shape index (κ2) is 4.79. The summed E-state index contributed by atoms with van der Waals surface area (Å²) < 4.78 is 9.02. The molecule has 15 heavy (non-hydrogen) atoms. The highest BCUT2D eigenvalue weighted by Gasteiger charge is 2.12. The van der Waals surface area contributed by atoms with E-state index in [-0.39, 0.29) is 16.1 Å². The van der Waals surface area contributed by atoms with Crippen LogP contribution in [0.25, 0.3) is 0 Å². The van der Waals surface area contributed by atoms with Crippen molar-refractivity contribution in [1.82, 2.24) is 0 Å². The highest BCUT2D eigenvalue weighted by Crippen LogP contribution is 2.16. The number of ether oxygens (including phenoxy) is 2. The molecule has 4 nitrogen and oxygen atoms in total. The van der Waals surface area contributed by atoms with Gasteiger partial charge in [-0.25, -0.2) is 9.59 Å². The van der Waals surface area contributed by atoms with Gasteiger partial charge < -0.3 is 9.47 Å². The number of esters is 2. The van der Waals surface area contributed by atoms with Crippen molar-refractivity contribution in [2.24, 2.45) is 0 Å². The predicted molar refractivity (Wildman–Crippen MR) is 54.1 cm³/mol. The average Bonchev–Trinajstić information content (AvgIpc) is 2.26. The lowest BCUT2D eigenvalue weighted by atomic mass is 10.1. The molecule has 0 aliphatic heterocycles. The lowest BCUT2D eigenvalue weighted by Gasteiger charge is -2.03. The third-order valence-corrected chi connectivity index (χ3v) is 1.96. The van der Waals surface area contributed by atoms with Crippen LogP contribution in [0, 0.1) is 0 Å². The first-order valence-electron chi connectivity index (χ1n) is 4.05. The minimum absolute atomic E-state index is 0.213. The van der Waals surface area contributed by atoms with Gasteiger partial charge in [-0.05, 0) is 18.2 Å². The molecule has 0 aliphatic rings. The molecular weight excluding hydrogens is 220 g/mol. The molecule has 1 aromatic rings. The second-order valence-electron chi connectivity index (χ2n) is 2.71. The van der Waals surface area contributed by atoms with E-state index in [1.807, 2.05) is 0 Å². The van der Waals surface area contributed by atoms with Gasteiger partial charge in [-0.1, -0.05) is 11.6 Å². The Balaban J connectivity index is 3.16. The molecule has 1 rings (SSSR count). The molecule has 0 heterocycles. The fourth-order valence-electron chi connectivity index (χ4n) is 1.06. The Hall–Kier alpha value is -1.55. The summed E-state index contributed by atoms with van der Waals surface area (Å²) >= 11 is 5.74. The van der Waals surface area contributed by atoms with Crippen LogP contribution in [0.4, 0.5) is 0 Å². The van der Waals surface area contributed by atoms with Crippen molar-refractivity contribution in [3.8, 4) is 0 Å². The fourth-order valence-corrected chi connectivity index (χ4v) is 1.30. The van der Waals surface area contributed by atoms with Gasteiger partial charge in [0, 0.05) is 5.02 Å². The molecule has 0 aromatic heterocycles. The van der Waals surface area contributed by atoms with E-state index in [9.17, 15) is 9.59 Å². The summed E-state index contributed by atoms with van der Waals surface area (Å²) in [6.45, 7) is 0. The van der Waals surface area contributed by atoms with Gasteiger partial charge in [-0.3, -0.25) is 0 Å². The molecule has 0 spiro atoms. The molecule has 0 saturated carbocycles. The highest BCUT2D eigenvalue weighted by atomic mass is 35.5. The molecule has 0 radical (unpaired) electrons. The molecule has 0 unspecified atom stereocenters. The van der Waals surface area contributed by atoms with Crippen molar-refractivity contribution < 1.29 is 19.1 Å². The summed E-state index contributed by atoms with van der Waals surface area (Å²) in [4.78, 5) is 22.4. The molecule has 0 bridgehead atoms. The molecule has 0 saturated heterocycles. The van der Waals surface area contributed by atoms with Crippen molar-refractivity contribution in [3.05, 3.63) is 34.3 Å². The SMILES string of the molecule is COC(=O)c1cc(Cl)cc(C(=O)OC)c1. The third kappa shape index (κ3) is 2.70. The second-order valence-corrected chi connectivity index (χ2v) is 3.15. The molecule has 80 valence electrons. The number of halogens is 1. The maximum atomic E-state index is 11.2. The topological polar surface area (TPSA) is 52.6 Å². The van der Waals surface area contributed by atoms with Crippen LogP contribution in [0.15, 0.2) is 18.2 Å². The van der Waals surface area contributed by atoms with E-state index in [0.29, 0.717) is 0 Å². The van der Waals surface area contributed by atoms with Crippen molar-refractivity contribution in [2.75, 3.05) is 14.2 Å². The van der Waals surface area contributed by atoms with Crippen LogP contribution < -0.4 is 0 Å². The van der Waals surface area contributed by atoms with Crippen LogP contribution in [0.2, 0.25) is 5.02 Å². The van der Waals surface area contributed by atoms with E-state index >= 15 is 0 Å². The van der Waals surface area contributed by atoms with E-state index in [0.717, 1.165) is 0 Å². The van der Waals surface area contributed by atoms with Gasteiger partial charge in [0.15, 0.2) is 0 Å². The minimum Gasteiger partial charge on any atom is -0.465 e. The van der Waals surface area contributed by atoms with E-state index < -0.39 is 11.9 Å². The maximum Gasteiger partial charge on any atom is 0.337 e. The van der Waals surface area contributed by atoms with Crippen LogP contribution in [-0.2, 0) is 9.47 Å². The lowest BCUT2D eigenvalue weighted by molar-refractivity contribution is 0.0599. The summed E-state index contributed by atoms with van der Waals surface area (Å²) in [7, 11) is 2.50. The van der Waals surface area contributed by atoms with Crippen molar-refractivity contribution in [2.45, 2.75) is 0 Å². The molecule has 0 fully saturated rings. The Morgan fingerprint density at radius 1 is 1.00 bits per heavy atom. The molecule has 0 aliphatic carbocycles. The first-order valence-corrected chi connectivity index (χ1v) is 4.43. The zero-order valence-corrected chi connectivity index (χ0v) is 9.00. The predicted octanol–water partition coefficient (Wildman–Crippen LogP) is 1.91. The molecule has 1 aromatic carbocycles. The molecule has 0 atom stereocenters. The smallest absolute Gasteiger partial charge is 0.337 e. The van der Waals surface area contributed by atoms with Crippen molar-refractivity contribution in [1.29, 1.82) is 0 Å². The third-order valence-electron chi connectivity index (χ3n) is 1.74. The number of hydrogen-bond acceptors (Lipinski definition) is 4. The largest absolute Gasteiger partial charge is 0.465 e. The number of rotatable bonds is 2. The first kappa shape index (κ1) is 11.5. The van der Waals surface area contributed by atoms with Gasteiger partial charge in [0.05, 0.1) is 25.3 Å². The summed E-state index contributed by atoms with van der Waals surface area (Å²) in [5, 5.41) is 0.276. The Kier molecular flexibility index (Phi) is 3.68. The van der Waals surface area contributed by atoms with Gasteiger partial charge in [-0.15, -0.1) is 0 Å². The Morgan fingerprint density at radius 3 is 1.73 bits per heavy atom. The Morgan fingerprint density at radius 2 is 1.40 bits per heavy atom. The Labute approximate surface area is 91.7 Å². The van der Waals surface area contributed by atoms with Gasteiger partial charge in [-0.2, -0.15) is 0 Å². The summed E-state index contributed by atoms with van der Waals surface area (Å²) in [6.07, 6.45) is 0. The van der Waals surface area contributed by atoms with Gasteiger partial charge in [0.2, 0.25) is 0 Å². The van der Waals surface area contributed by atoms with Crippen LogP contribution >= 0.6 is 11.6 Å². The molecule has 5 heteroatoms. The molecular formula is C10H9ClO4. The van der Waals surface area contributed by atoms with E-state index in [4.69, 9.17) is 11.6 Å². The number of methoxy groups -OCH3 is 2. The van der Waals surface area contributed by atoms with Crippen LogP contribution in [0.3, 0.4) is 0 Å². The van der Waals surface area contributed by atoms with Gasteiger partial charge in [0.1, 0.15) is 0 Å². The molecule has 0 amide bonds. The number of carbonyl (C=O) groups excluding carboxylic acids is 2. The minimum atomic E-state index is -0.553. The van der Waals surface area contributed by atoms with E-state index in [1.54, 1.807) is 0 Å². The number of carbonyl (C=O) groups is 2. The normalized spacial score (nSPS) is 9.53. The zero-order chi connectivity index (χ0) is 11.4. The van der Waals surface area contributed by atoms with Gasteiger partial charge >= 0.3 is 11.9 Å². The lowest BCUT2D eigenvalue weighted by Crippen LogP contribution is -2.06. The number of hydrogen-bond donors (Lipinski definition) is 0. The Bertz CT molecular complexity index is 366. The standard InChI is InChI=1S/C10H9ClO4/c1-14-9(12)6-3-7(10(13)15-2)5-8(11)4-6/h3-5H,1-2H3. The zero-order valence-electron chi connectivity index (χ0n) is 8.24. The summed E-state index contributed by atoms with van der Waals surface area (Å²) in [6, 6.07) is 4.20. The fraction of sp³-hybridized carbons (Fsp3) is 0.200. The van der Waals surface area contributed by atoms with Crippen molar-refractivity contribution in [3.63, 3.8) is 0 Å². The maximum absolute atomic E-state index is 11.2. The number of benzene rings is 1. The summed E-state index contributed by atoms with van der Waals surface area (Å²) in [5.74, 6) is -1.11. The molecule has 0 N–H and O–H groups in total. The van der Waals surface area contributed by atoms with Crippen LogP contribution in [-0.4, -0.2) is 26.2 Å². The van der Waals surface area contributed by atoms with Crippen molar-refractivity contribution >= 4 is 23.5 Å². The average molecular weight is 229 g/mol.